The van der Waals surface area contributed by atoms with E-state index in [4.69, 9.17) is 4.74 Å². The highest BCUT2D eigenvalue weighted by atomic mass is 16.5. The molecule has 0 aromatic rings. The summed E-state index contributed by atoms with van der Waals surface area (Å²) in [5.74, 6) is 0. The molecule has 50 valence electrons. The first-order valence-electron chi connectivity index (χ1n) is 3.11. The Morgan fingerprint density at radius 1 is 1.50 bits per heavy atom. The summed E-state index contributed by atoms with van der Waals surface area (Å²) in [6.07, 6.45) is 2.49. The van der Waals surface area contributed by atoms with Crippen LogP contribution in [-0.4, -0.2) is 20.4 Å². The maximum absolute atomic E-state index is 4.78. The van der Waals surface area contributed by atoms with Crippen LogP contribution in [0.5, 0.6) is 0 Å². The molecule has 2 nitrogen and oxygen atoms in total. The molecule has 8 heavy (non-hydrogen) atoms. The lowest BCUT2D eigenvalue weighted by molar-refractivity contribution is 0.175. The van der Waals surface area contributed by atoms with Gasteiger partial charge in [0.1, 0.15) is 0 Å². The molecular weight excluding hydrogens is 102 g/mol. The fourth-order valence-electron chi connectivity index (χ4n) is 0.476. The second-order valence-corrected chi connectivity index (χ2v) is 1.79. The van der Waals surface area contributed by atoms with Gasteiger partial charge in [-0.25, -0.2) is 0 Å². The second-order valence-electron chi connectivity index (χ2n) is 1.79. The Labute approximate surface area is 51.2 Å². The smallest absolute Gasteiger partial charge is 0.0961 e. The van der Waals surface area contributed by atoms with Gasteiger partial charge in [0.25, 0.3) is 0 Å². The Morgan fingerprint density at radius 2 is 2.25 bits per heavy atom. The quantitative estimate of drug-likeness (QED) is 0.428. The van der Waals surface area contributed by atoms with E-state index in [2.05, 4.69) is 12.2 Å². The molecule has 0 rings (SSSR count). The molecule has 0 amide bonds. The lowest BCUT2D eigenvalue weighted by Gasteiger charge is -1.99. The van der Waals surface area contributed by atoms with Crippen LogP contribution in [0, 0.1) is 0 Å². The van der Waals surface area contributed by atoms with Crippen LogP contribution in [0.3, 0.4) is 0 Å². The summed E-state index contributed by atoms with van der Waals surface area (Å²) in [6, 6.07) is 0. The minimum atomic E-state index is 0.681. The third-order valence-electron chi connectivity index (χ3n) is 0.954. The summed E-state index contributed by atoms with van der Waals surface area (Å²) in [5, 5.41) is 3.11. The number of unbranched alkanes of at least 4 members (excludes halogenated alkanes) is 1. The second kappa shape index (κ2) is 6.92. The van der Waals surface area contributed by atoms with E-state index in [1.807, 2.05) is 0 Å². The van der Waals surface area contributed by atoms with Crippen molar-refractivity contribution in [1.29, 1.82) is 0 Å². The maximum atomic E-state index is 4.78. The molecule has 1 N–H and O–H groups in total. The summed E-state index contributed by atoms with van der Waals surface area (Å²) < 4.78 is 4.78. The van der Waals surface area contributed by atoms with Crippen LogP contribution in [0.1, 0.15) is 19.8 Å². The molecule has 0 radical (unpaired) electrons. The highest BCUT2D eigenvalue weighted by Gasteiger charge is 1.80. The zero-order valence-corrected chi connectivity index (χ0v) is 5.74. The van der Waals surface area contributed by atoms with Crippen molar-refractivity contribution in [1.82, 2.24) is 5.32 Å². The molecule has 0 saturated heterocycles. The zero-order valence-electron chi connectivity index (χ0n) is 5.74. The first-order chi connectivity index (χ1) is 3.91. The van der Waals surface area contributed by atoms with Gasteiger partial charge in [-0.05, 0) is 13.0 Å². The van der Waals surface area contributed by atoms with Crippen molar-refractivity contribution >= 4 is 0 Å². The predicted molar refractivity (Wildman–Crippen MR) is 34.8 cm³/mol. The summed E-state index contributed by atoms with van der Waals surface area (Å²) in [4.78, 5) is 0. The van der Waals surface area contributed by atoms with Gasteiger partial charge in [-0.15, -0.1) is 0 Å². The molecule has 0 saturated carbocycles. The van der Waals surface area contributed by atoms with Crippen molar-refractivity contribution in [3.05, 3.63) is 0 Å². The maximum Gasteiger partial charge on any atom is 0.0961 e. The van der Waals surface area contributed by atoms with Crippen LogP contribution in [0.15, 0.2) is 0 Å². The topological polar surface area (TPSA) is 21.3 Å². The van der Waals surface area contributed by atoms with E-state index in [0.29, 0.717) is 6.73 Å². The van der Waals surface area contributed by atoms with Crippen molar-refractivity contribution in [3.63, 3.8) is 0 Å². The Morgan fingerprint density at radius 3 is 2.75 bits per heavy atom. The highest BCUT2D eigenvalue weighted by molar-refractivity contribution is 4.37. The normalized spacial score (nSPS) is 9.75. The molecule has 0 fully saturated rings. The van der Waals surface area contributed by atoms with E-state index in [1.54, 1.807) is 7.11 Å². The van der Waals surface area contributed by atoms with E-state index in [9.17, 15) is 0 Å². The van der Waals surface area contributed by atoms with Gasteiger partial charge in [-0.2, -0.15) is 0 Å². The van der Waals surface area contributed by atoms with Gasteiger partial charge in [-0.1, -0.05) is 13.3 Å². The Balaban J connectivity index is 2.53. The molecule has 2 heteroatoms. The molecule has 0 aliphatic carbocycles. The Kier molecular flexibility index (Phi) is 6.85. The lowest BCUT2D eigenvalue weighted by Crippen LogP contribution is -2.17. The molecule has 0 aromatic heterocycles. The summed E-state index contributed by atoms with van der Waals surface area (Å²) in [7, 11) is 1.69. The molecule has 0 bridgehead atoms. The van der Waals surface area contributed by atoms with Gasteiger partial charge in [0.05, 0.1) is 6.73 Å². The lowest BCUT2D eigenvalue weighted by atomic mass is 10.3. The first kappa shape index (κ1) is 7.92. The molecule has 0 atom stereocenters. The van der Waals surface area contributed by atoms with Crippen molar-refractivity contribution < 1.29 is 4.74 Å². The van der Waals surface area contributed by atoms with Gasteiger partial charge in [0.2, 0.25) is 0 Å². The molecule has 0 aromatic carbocycles. The summed E-state index contributed by atoms with van der Waals surface area (Å²) in [6.45, 7) is 3.93. The Bertz CT molecular complexity index is 33.5. The van der Waals surface area contributed by atoms with E-state index in [-0.39, 0.29) is 0 Å². The standard InChI is InChI=1S/C6H15NO/c1-3-4-5-7-6-8-2/h7H,3-6H2,1-2H3. The molecule has 0 heterocycles. The van der Waals surface area contributed by atoms with Crippen molar-refractivity contribution in [3.8, 4) is 0 Å². The van der Waals surface area contributed by atoms with Gasteiger partial charge >= 0.3 is 0 Å². The SMILES string of the molecule is CCCCNCOC. The molecule has 0 aliphatic rings. The fourth-order valence-corrected chi connectivity index (χ4v) is 0.476. The number of nitrogens with one attached hydrogen (secondary N) is 1. The number of hydrogen-bond acceptors (Lipinski definition) is 2. The average Bonchev–Trinajstić information content (AvgIpc) is 1.81. The number of hydrogen-bond donors (Lipinski definition) is 1. The minimum absolute atomic E-state index is 0.681. The van der Waals surface area contributed by atoms with E-state index in [0.717, 1.165) is 6.54 Å². The van der Waals surface area contributed by atoms with Crippen molar-refractivity contribution in [2.75, 3.05) is 20.4 Å². The summed E-state index contributed by atoms with van der Waals surface area (Å²) >= 11 is 0. The predicted octanol–water partition coefficient (Wildman–Crippen LogP) is 0.980. The average molecular weight is 117 g/mol. The third kappa shape index (κ3) is 5.92. The minimum Gasteiger partial charge on any atom is -0.370 e. The van der Waals surface area contributed by atoms with Gasteiger partial charge in [0, 0.05) is 7.11 Å². The largest absolute Gasteiger partial charge is 0.370 e. The monoisotopic (exact) mass is 117 g/mol. The van der Waals surface area contributed by atoms with Crippen LogP contribution < -0.4 is 5.32 Å². The first-order valence-corrected chi connectivity index (χ1v) is 3.11. The fraction of sp³-hybridized carbons (Fsp3) is 1.00. The van der Waals surface area contributed by atoms with Gasteiger partial charge in [0.15, 0.2) is 0 Å². The van der Waals surface area contributed by atoms with E-state index in [1.165, 1.54) is 12.8 Å². The van der Waals surface area contributed by atoms with E-state index >= 15 is 0 Å². The molecular formula is C6H15NO. The van der Waals surface area contributed by atoms with Crippen LogP contribution in [-0.2, 0) is 4.74 Å². The number of rotatable bonds is 5. The van der Waals surface area contributed by atoms with Crippen LogP contribution in [0.4, 0.5) is 0 Å². The number of methoxy groups -OCH3 is 1. The molecule has 0 aliphatic heterocycles. The van der Waals surface area contributed by atoms with Gasteiger partial charge in [-0.3, -0.25) is 5.32 Å². The Hall–Kier alpha value is -0.0800. The highest BCUT2D eigenvalue weighted by Crippen LogP contribution is 1.80. The number of ether oxygens (including phenoxy) is 1. The van der Waals surface area contributed by atoms with Crippen LogP contribution >= 0.6 is 0 Å². The van der Waals surface area contributed by atoms with Crippen LogP contribution in [0.2, 0.25) is 0 Å². The molecule has 0 unspecified atom stereocenters. The van der Waals surface area contributed by atoms with E-state index < -0.39 is 0 Å². The van der Waals surface area contributed by atoms with Crippen molar-refractivity contribution in [2.45, 2.75) is 19.8 Å². The molecule has 0 spiro atoms. The van der Waals surface area contributed by atoms with Crippen molar-refractivity contribution in [2.24, 2.45) is 0 Å². The summed E-state index contributed by atoms with van der Waals surface area (Å²) in [5.41, 5.74) is 0. The van der Waals surface area contributed by atoms with Crippen LogP contribution in [0.25, 0.3) is 0 Å². The zero-order chi connectivity index (χ0) is 6.24. The third-order valence-corrected chi connectivity index (χ3v) is 0.954. The van der Waals surface area contributed by atoms with Gasteiger partial charge < -0.3 is 4.74 Å².